The minimum Gasteiger partial charge on any atom is -0.305 e. The van der Waals surface area contributed by atoms with E-state index in [4.69, 9.17) is 11.6 Å². The Hall–Kier alpha value is -1.18. The number of amidine groups is 1. The van der Waals surface area contributed by atoms with Crippen LogP contribution in [0.2, 0.25) is 5.02 Å². The maximum absolute atomic E-state index is 12.1. The van der Waals surface area contributed by atoms with E-state index in [1.165, 1.54) is 0 Å². The molecule has 0 saturated carbocycles. The summed E-state index contributed by atoms with van der Waals surface area (Å²) in [6.07, 6.45) is 1.74. The molecular formula is C16H9BrClIN2O. The first-order valence-electron chi connectivity index (χ1n) is 6.36. The molecule has 2 aromatic carbocycles. The minimum atomic E-state index is -0.232. The molecule has 3 rings (SSSR count). The molecule has 0 aliphatic carbocycles. The third-order valence-corrected chi connectivity index (χ3v) is 4.53. The van der Waals surface area contributed by atoms with E-state index < -0.39 is 0 Å². The van der Waals surface area contributed by atoms with Crippen molar-refractivity contribution in [3.63, 3.8) is 0 Å². The van der Waals surface area contributed by atoms with Crippen LogP contribution >= 0.6 is 50.1 Å². The average molecular weight is 488 g/mol. The van der Waals surface area contributed by atoms with Gasteiger partial charge in [-0.05, 0) is 64.6 Å². The molecule has 0 radical (unpaired) electrons. The van der Waals surface area contributed by atoms with Crippen LogP contribution in [0.15, 0.2) is 57.6 Å². The summed E-state index contributed by atoms with van der Waals surface area (Å²) in [5.74, 6) is 0.250. The Balaban J connectivity index is 2.00. The number of benzene rings is 2. The maximum atomic E-state index is 12.1. The number of halogens is 3. The van der Waals surface area contributed by atoms with Crippen LogP contribution in [0.25, 0.3) is 6.08 Å². The first-order valence-corrected chi connectivity index (χ1v) is 8.60. The number of carbonyl (C=O) groups is 1. The summed E-state index contributed by atoms with van der Waals surface area (Å²) in [5.41, 5.74) is 1.99. The van der Waals surface area contributed by atoms with Crippen molar-refractivity contribution in [2.45, 2.75) is 0 Å². The van der Waals surface area contributed by atoms with Gasteiger partial charge in [0.15, 0.2) is 0 Å². The van der Waals surface area contributed by atoms with E-state index in [9.17, 15) is 4.79 Å². The van der Waals surface area contributed by atoms with Gasteiger partial charge in [-0.2, -0.15) is 0 Å². The number of carbonyl (C=O) groups excluding carboxylic acids is 1. The smallest absolute Gasteiger partial charge is 0.275 e. The maximum Gasteiger partial charge on any atom is 0.275 e. The fourth-order valence-corrected chi connectivity index (χ4v) is 3.14. The first kappa shape index (κ1) is 15.7. The van der Waals surface area contributed by atoms with E-state index in [0.29, 0.717) is 16.6 Å². The van der Waals surface area contributed by atoms with Crippen LogP contribution in [0.1, 0.15) is 11.1 Å². The van der Waals surface area contributed by atoms with E-state index in [-0.39, 0.29) is 5.91 Å². The highest BCUT2D eigenvalue weighted by Gasteiger charge is 2.22. The Bertz CT molecular complexity index is 833. The van der Waals surface area contributed by atoms with Crippen molar-refractivity contribution in [2.75, 3.05) is 0 Å². The molecule has 0 fully saturated rings. The predicted molar refractivity (Wildman–Crippen MR) is 101 cm³/mol. The molecule has 1 aliphatic rings. The van der Waals surface area contributed by atoms with Crippen LogP contribution in [0.5, 0.6) is 0 Å². The summed E-state index contributed by atoms with van der Waals surface area (Å²) < 4.78 is 1.98. The highest BCUT2D eigenvalue weighted by Crippen LogP contribution is 2.23. The molecule has 1 amide bonds. The van der Waals surface area contributed by atoms with Gasteiger partial charge >= 0.3 is 0 Å². The lowest BCUT2D eigenvalue weighted by Gasteiger charge is -2.03. The second-order valence-corrected chi connectivity index (χ2v) is 7.19. The topological polar surface area (TPSA) is 41.5 Å². The Morgan fingerprint density at radius 3 is 2.82 bits per heavy atom. The van der Waals surface area contributed by atoms with Gasteiger partial charge in [0.1, 0.15) is 11.5 Å². The van der Waals surface area contributed by atoms with Crippen molar-refractivity contribution in [2.24, 2.45) is 4.99 Å². The second kappa shape index (κ2) is 6.52. The number of rotatable bonds is 2. The lowest BCUT2D eigenvalue weighted by atomic mass is 10.2. The number of aliphatic imine (C=N–C) groups is 1. The summed E-state index contributed by atoms with van der Waals surface area (Å²) in [7, 11) is 0. The Morgan fingerprint density at radius 1 is 1.23 bits per heavy atom. The zero-order valence-electron chi connectivity index (χ0n) is 11.1. The Morgan fingerprint density at radius 2 is 2.05 bits per heavy atom. The number of nitrogens with one attached hydrogen (secondary N) is 1. The van der Waals surface area contributed by atoms with E-state index in [1.807, 2.05) is 36.4 Å². The molecule has 0 atom stereocenters. The van der Waals surface area contributed by atoms with Crippen LogP contribution in [-0.2, 0) is 4.79 Å². The standard InChI is InChI=1S/C16H9BrClIN2O/c17-10-3-1-2-9(6-10)7-14-16(22)21-15(20-14)12-8-11(19)4-5-13(12)18/h1-8H,(H,20,21,22). The fraction of sp³-hybridized carbons (Fsp3) is 0. The highest BCUT2D eigenvalue weighted by atomic mass is 127. The molecule has 22 heavy (non-hydrogen) atoms. The van der Waals surface area contributed by atoms with Crippen molar-refractivity contribution < 1.29 is 4.79 Å². The van der Waals surface area contributed by atoms with Crippen molar-refractivity contribution in [3.8, 4) is 0 Å². The van der Waals surface area contributed by atoms with Gasteiger partial charge in [-0.3, -0.25) is 4.79 Å². The van der Waals surface area contributed by atoms with Gasteiger partial charge in [-0.25, -0.2) is 4.99 Å². The first-order chi connectivity index (χ1) is 10.5. The molecule has 1 N–H and O–H groups in total. The average Bonchev–Trinajstić information content (AvgIpc) is 2.83. The van der Waals surface area contributed by atoms with Gasteiger partial charge < -0.3 is 5.32 Å². The zero-order valence-corrected chi connectivity index (χ0v) is 15.6. The van der Waals surface area contributed by atoms with E-state index in [0.717, 1.165) is 19.2 Å². The van der Waals surface area contributed by atoms with Crippen molar-refractivity contribution in [1.29, 1.82) is 0 Å². The van der Waals surface area contributed by atoms with Gasteiger partial charge in [0.05, 0.1) is 5.02 Å². The molecule has 0 aromatic heterocycles. The quantitative estimate of drug-likeness (QED) is 0.487. The van der Waals surface area contributed by atoms with Crippen molar-refractivity contribution in [3.05, 3.63) is 72.4 Å². The van der Waals surface area contributed by atoms with Gasteiger partial charge in [0, 0.05) is 13.6 Å². The number of amides is 1. The normalized spacial score (nSPS) is 15.9. The molecular weight excluding hydrogens is 478 g/mol. The fourth-order valence-electron chi connectivity index (χ4n) is 2.03. The second-order valence-electron chi connectivity index (χ2n) is 4.62. The zero-order chi connectivity index (χ0) is 15.7. The van der Waals surface area contributed by atoms with Crippen LogP contribution in [0.4, 0.5) is 0 Å². The summed E-state index contributed by atoms with van der Waals surface area (Å²) in [4.78, 5) is 16.5. The molecule has 1 aliphatic heterocycles. The molecule has 110 valence electrons. The molecule has 2 aromatic rings. The number of hydrogen-bond acceptors (Lipinski definition) is 2. The molecule has 0 spiro atoms. The van der Waals surface area contributed by atoms with Crippen LogP contribution < -0.4 is 5.32 Å². The van der Waals surface area contributed by atoms with Gasteiger partial charge in [0.2, 0.25) is 0 Å². The van der Waals surface area contributed by atoms with Crippen molar-refractivity contribution >= 4 is 67.9 Å². The SMILES string of the molecule is O=C1NC(c2cc(I)ccc2Cl)=NC1=Cc1cccc(Br)c1. The molecule has 0 saturated heterocycles. The number of hydrogen-bond donors (Lipinski definition) is 1. The Kier molecular flexibility index (Phi) is 4.65. The van der Waals surface area contributed by atoms with Crippen LogP contribution in [0.3, 0.4) is 0 Å². The highest BCUT2D eigenvalue weighted by molar-refractivity contribution is 14.1. The van der Waals surface area contributed by atoms with Gasteiger partial charge in [-0.15, -0.1) is 0 Å². The van der Waals surface area contributed by atoms with E-state index >= 15 is 0 Å². The predicted octanol–water partition coefficient (Wildman–Crippen LogP) is 4.62. The van der Waals surface area contributed by atoms with Crippen LogP contribution in [-0.4, -0.2) is 11.7 Å². The Labute approximate surface area is 154 Å². The summed E-state index contributed by atoms with van der Waals surface area (Å²) >= 11 is 11.8. The molecule has 0 unspecified atom stereocenters. The van der Waals surface area contributed by atoms with Gasteiger partial charge in [0.25, 0.3) is 5.91 Å². The monoisotopic (exact) mass is 486 g/mol. The number of nitrogens with zero attached hydrogens (tertiary/aromatic N) is 1. The lowest BCUT2D eigenvalue weighted by Crippen LogP contribution is -2.25. The summed E-state index contributed by atoms with van der Waals surface area (Å²) in [6, 6.07) is 13.3. The van der Waals surface area contributed by atoms with Crippen LogP contribution in [0, 0.1) is 3.57 Å². The lowest BCUT2D eigenvalue weighted by molar-refractivity contribution is -0.115. The summed E-state index contributed by atoms with van der Waals surface area (Å²) in [5, 5.41) is 3.32. The van der Waals surface area contributed by atoms with E-state index in [2.05, 4.69) is 48.8 Å². The third kappa shape index (κ3) is 3.42. The van der Waals surface area contributed by atoms with Gasteiger partial charge in [-0.1, -0.05) is 39.7 Å². The molecule has 1 heterocycles. The molecule has 0 bridgehead atoms. The third-order valence-electron chi connectivity index (χ3n) is 3.03. The van der Waals surface area contributed by atoms with E-state index in [1.54, 1.807) is 12.1 Å². The largest absolute Gasteiger partial charge is 0.305 e. The van der Waals surface area contributed by atoms with Crippen molar-refractivity contribution in [1.82, 2.24) is 5.32 Å². The molecule has 6 heteroatoms. The molecule has 3 nitrogen and oxygen atoms in total. The summed E-state index contributed by atoms with van der Waals surface area (Å²) in [6.45, 7) is 0. The minimum absolute atomic E-state index is 0.232.